The highest BCUT2D eigenvalue weighted by atomic mass is 35.5. The number of fused-ring (bicyclic) bond motifs is 2. The number of amides is 1. The maximum Gasteiger partial charge on any atom is 0.219 e. The van der Waals surface area contributed by atoms with Gasteiger partial charge in [-0.25, -0.2) is 9.97 Å². The molecule has 0 saturated carbocycles. The molecule has 3 saturated heterocycles. The maximum atomic E-state index is 11.8. The Morgan fingerprint density at radius 2 is 1.22 bits per heavy atom. The first-order valence-electron chi connectivity index (χ1n) is 18.1. The van der Waals surface area contributed by atoms with Gasteiger partial charge >= 0.3 is 0 Å². The Kier molecular flexibility index (Phi) is 8.11. The van der Waals surface area contributed by atoms with E-state index in [2.05, 4.69) is 28.9 Å². The number of aromatic nitrogens is 2. The summed E-state index contributed by atoms with van der Waals surface area (Å²) in [6.45, 7) is 9.96. The largest absolute Gasteiger partial charge is 0.481 e. The number of benzene rings is 2. The van der Waals surface area contributed by atoms with Crippen LogP contribution in [0.1, 0.15) is 61.0 Å². The van der Waals surface area contributed by atoms with E-state index in [1.165, 1.54) is 22.3 Å². The molecule has 5 aliphatic rings. The topological polar surface area (TPSA) is 71.0 Å². The van der Waals surface area contributed by atoms with Crippen LogP contribution in [-0.4, -0.2) is 84.1 Å². The fourth-order valence-electron chi connectivity index (χ4n) is 9.58. The van der Waals surface area contributed by atoms with E-state index in [0.29, 0.717) is 27.8 Å². The van der Waals surface area contributed by atoms with Gasteiger partial charge in [-0.15, -0.1) is 0 Å². The number of methoxy groups -OCH3 is 2. The third-order valence-corrected chi connectivity index (χ3v) is 12.8. The van der Waals surface area contributed by atoms with E-state index >= 15 is 0 Å². The molecule has 0 unspecified atom stereocenters. The van der Waals surface area contributed by atoms with Crippen molar-refractivity contribution in [2.75, 3.05) is 53.5 Å². The van der Waals surface area contributed by atoms with Crippen LogP contribution in [0.3, 0.4) is 0 Å². The van der Waals surface area contributed by atoms with Crippen LogP contribution in [0.2, 0.25) is 10.0 Å². The second kappa shape index (κ2) is 12.5. The molecule has 8 nitrogen and oxygen atoms in total. The van der Waals surface area contributed by atoms with Crippen LogP contribution >= 0.6 is 23.2 Å². The van der Waals surface area contributed by atoms with Crippen LogP contribution in [0.15, 0.2) is 48.5 Å². The summed E-state index contributed by atoms with van der Waals surface area (Å²) in [6, 6.07) is 17.1. The molecule has 51 heavy (non-hydrogen) atoms. The van der Waals surface area contributed by atoms with E-state index in [1.54, 1.807) is 21.1 Å². The first-order valence-corrected chi connectivity index (χ1v) is 18.9. The number of likely N-dealkylation sites (tertiary alicyclic amines) is 3. The van der Waals surface area contributed by atoms with Gasteiger partial charge in [-0.2, -0.15) is 0 Å². The van der Waals surface area contributed by atoms with Crippen molar-refractivity contribution in [3.05, 3.63) is 80.8 Å². The summed E-state index contributed by atoms with van der Waals surface area (Å²) in [5.41, 5.74) is 10.2. The molecular weight excluding hydrogens is 681 g/mol. The van der Waals surface area contributed by atoms with Crippen molar-refractivity contribution in [1.29, 1.82) is 0 Å². The van der Waals surface area contributed by atoms with E-state index in [4.69, 9.17) is 42.6 Å². The molecule has 3 aliphatic heterocycles. The zero-order valence-electron chi connectivity index (χ0n) is 29.6. The van der Waals surface area contributed by atoms with Gasteiger partial charge in [0.2, 0.25) is 17.7 Å². The highest BCUT2D eigenvalue weighted by Crippen LogP contribution is 2.51. The zero-order valence-corrected chi connectivity index (χ0v) is 31.2. The molecule has 2 atom stereocenters. The minimum absolute atomic E-state index is 0.170. The number of hydrogen-bond donors (Lipinski definition) is 0. The quantitative estimate of drug-likeness (QED) is 0.192. The molecule has 5 heterocycles. The van der Waals surface area contributed by atoms with E-state index in [0.717, 1.165) is 105 Å². The standard InChI is InChI=1S/C41H43Cl2N5O3/c1-23-17-46(18-23)33-13-11-25-15-31(44-39(50-3)35(25)33)29-9-5-7-27(37(29)42)28-8-6-10-30(38(28)43)32-16-26-12-14-34(36(26)40(45-32)51-4)48-21-41(22-48)19-47(20-41)24(2)49/h5-10,15-16,23,33-34H,11-14,17-22H2,1-4H3/t33-,34-/m0/s1. The third-order valence-electron chi connectivity index (χ3n) is 12.0. The van der Waals surface area contributed by atoms with Gasteiger partial charge in [-0.3, -0.25) is 14.6 Å². The molecule has 264 valence electrons. The van der Waals surface area contributed by atoms with E-state index in [-0.39, 0.29) is 17.4 Å². The predicted octanol–water partition coefficient (Wildman–Crippen LogP) is 7.89. The Bertz CT molecular complexity index is 2070. The smallest absolute Gasteiger partial charge is 0.219 e. The van der Waals surface area contributed by atoms with Crippen molar-refractivity contribution in [2.45, 2.75) is 51.6 Å². The molecule has 1 spiro atoms. The van der Waals surface area contributed by atoms with Crippen LogP contribution in [0.5, 0.6) is 11.8 Å². The first kappa shape index (κ1) is 33.2. The second-order valence-corrected chi connectivity index (χ2v) is 16.2. The molecule has 3 fully saturated rings. The molecule has 0 N–H and O–H groups in total. The molecule has 2 aromatic carbocycles. The number of carbonyl (C=O) groups is 1. The minimum Gasteiger partial charge on any atom is -0.481 e. The summed E-state index contributed by atoms with van der Waals surface area (Å²) in [4.78, 5) is 28.9. The fourth-order valence-corrected chi connectivity index (χ4v) is 10.2. The molecule has 9 rings (SSSR count). The van der Waals surface area contributed by atoms with E-state index in [9.17, 15) is 4.79 Å². The number of carbonyl (C=O) groups excluding carboxylic acids is 1. The Balaban J connectivity index is 1.01. The van der Waals surface area contributed by atoms with Crippen molar-refractivity contribution in [1.82, 2.24) is 24.7 Å². The fraction of sp³-hybridized carbons (Fsp3) is 0.439. The van der Waals surface area contributed by atoms with Crippen LogP contribution in [0.4, 0.5) is 0 Å². The summed E-state index contributed by atoms with van der Waals surface area (Å²) in [5, 5.41) is 1.20. The van der Waals surface area contributed by atoms with Gasteiger partial charge in [0, 0.05) is 97.1 Å². The maximum absolute atomic E-state index is 11.8. The van der Waals surface area contributed by atoms with Gasteiger partial charge in [0.25, 0.3) is 0 Å². The van der Waals surface area contributed by atoms with Gasteiger partial charge in [0.1, 0.15) is 0 Å². The number of halogens is 2. The average molecular weight is 725 g/mol. The summed E-state index contributed by atoms with van der Waals surface area (Å²) < 4.78 is 11.9. The van der Waals surface area contributed by atoms with Gasteiger partial charge < -0.3 is 14.4 Å². The summed E-state index contributed by atoms with van der Waals surface area (Å²) in [6.07, 6.45) is 4.06. The van der Waals surface area contributed by atoms with Gasteiger partial charge in [-0.05, 0) is 54.9 Å². The van der Waals surface area contributed by atoms with Crippen LogP contribution in [0.25, 0.3) is 33.6 Å². The van der Waals surface area contributed by atoms with Crippen LogP contribution in [-0.2, 0) is 17.6 Å². The molecule has 4 aromatic rings. The molecular formula is C41H43Cl2N5O3. The first-order chi connectivity index (χ1) is 24.7. The van der Waals surface area contributed by atoms with E-state index in [1.807, 2.05) is 41.3 Å². The highest BCUT2D eigenvalue weighted by Gasteiger charge is 2.55. The monoisotopic (exact) mass is 723 g/mol. The lowest BCUT2D eigenvalue weighted by atomic mass is 9.72. The normalized spacial score (nSPS) is 22.3. The molecule has 10 heteroatoms. The number of rotatable bonds is 7. The van der Waals surface area contributed by atoms with E-state index < -0.39 is 0 Å². The van der Waals surface area contributed by atoms with Crippen molar-refractivity contribution in [3.8, 4) is 45.4 Å². The molecule has 0 bridgehead atoms. The SMILES string of the molecule is COc1nc(-c2cccc(-c3cccc(-c4cc5c(c(OC)n4)[C@@H](N4CC6(CN(C(C)=O)C6)C4)CC5)c3Cl)c2Cl)cc2c1[C@@H](N1CC(C)C1)CC2. The van der Waals surface area contributed by atoms with Crippen molar-refractivity contribution in [2.24, 2.45) is 11.3 Å². The summed E-state index contributed by atoms with van der Waals surface area (Å²) in [7, 11) is 3.41. The average Bonchev–Trinajstić information content (AvgIpc) is 3.69. The molecule has 2 aromatic heterocycles. The lowest BCUT2D eigenvalue weighted by molar-refractivity contribution is -0.161. The van der Waals surface area contributed by atoms with Crippen molar-refractivity contribution < 1.29 is 14.3 Å². The number of hydrogen-bond acceptors (Lipinski definition) is 7. The summed E-state index contributed by atoms with van der Waals surface area (Å²) >= 11 is 14.5. The second-order valence-electron chi connectivity index (χ2n) is 15.5. The summed E-state index contributed by atoms with van der Waals surface area (Å²) in [5.74, 6) is 2.27. The number of aryl methyl sites for hydroxylation is 2. The van der Waals surface area contributed by atoms with Gasteiger partial charge in [0.05, 0.1) is 35.7 Å². The molecule has 0 radical (unpaired) electrons. The van der Waals surface area contributed by atoms with Gasteiger partial charge in [0.15, 0.2) is 0 Å². The molecule has 2 aliphatic carbocycles. The highest BCUT2D eigenvalue weighted by molar-refractivity contribution is 6.39. The number of ether oxygens (including phenoxy) is 2. The Morgan fingerprint density at radius 1 is 0.745 bits per heavy atom. The Hall–Kier alpha value is -3.69. The predicted molar refractivity (Wildman–Crippen MR) is 201 cm³/mol. The van der Waals surface area contributed by atoms with Gasteiger partial charge in [-0.1, -0.05) is 66.5 Å². The lowest BCUT2D eigenvalue weighted by Gasteiger charge is -2.61. The van der Waals surface area contributed by atoms with Crippen molar-refractivity contribution in [3.63, 3.8) is 0 Å². The van der Waals surface area contributed by atoms with Crippen LogP contribution in [0, 0.1) is 11.3 Å². The molecule has 1 amide bonds. The van der Waals surface area contributed by atoms with Crippen LogP contribution < -0.4 is 9.47 Å². The number of nitrogens with zero attached hydrogens (tertiary/aromatic N) is 5. The minimum atomic E-state index is 0.170. The van der Waals surface area contributed by atoms with Crippen molar-refractivity contribution >= 4 is 29.1 Å². The third kappa shape index (κ3) is 5.35. The number of pyridine rings is 2. The Morgan fingerprint density at radius 3 is 1.67 bits per heavy atom. The lowest BCUT2D eigenvalue weighted by Crippen LogP contribution is -2.72. The Labute approximate surface area is 309 Å². The zero-order chi connectivity index (χ0) is 35.2.